The first kappa shape index (κ1) is 17.2. The number of carbonyl (C=O) groups excluding carboxylic acids is 1. The van der Waals surface area contributed by atoms with Crippen LogP contribution in [0.1, 0.15) is 5.56 Å². The van der Waals surface area contributed by atoms with Gasteiger partial charge in [0, 0.05) is 6.54 Å². The Morgan fingerprint density at radius 1 is 1.24 bits per heavy atom. The van der Waals surface area contributed by atoms with Gasteiger partial charge < -0.3 is 10.1 Å². The van der Waals surface area contributed by atoms with Gasteiger partial charge in [0.2, 0.25) is 0 Å². The molecule has 1 aromatic heterocycles. The molecule has 1 N–H and O–H groups in total. The number of rotatable bonds is 6. The van der Waals surface area contributed by atoms with E-state index in [4.69, 9.17) is 16.3 Å². The molecule has 1 atom stereocenters. The Hall–Kier alpha value is -2.66. The van der Waals surface area contributed by atoms with Crippen LogP contribution in [0.2, 0.25) is 5.02 Å². The third kappa shape index (κ3) is 4.25. The van der Waals surface area contributed by atoms with Crippen molar-refractivity contribution < 1.29 is 9.53 Å². The van der Waals surface area contributed by atoms with Crippen LogP contribution in [0, 0.1) is 5.92 Å². The molecule has 0 amide bonds. The molecule has 6 heteroatoms. The lowest BCUT2D eigenvalue weighted by Crippen LogP contribution is -2.26. The van der Waals surface area contributed by atoms with Crippen molar-refractivity contribution in [2.45, 2.75) is 6.42 Å². The van der Waals surface area contributed by atoms with Crippen LogP contribution in [-0.4, -0.2) is 29.6 Å². The zero-order valence-electron chi connectivity index (χ0n) is 13.8. The third-order valence-corrected chi connectivity index (χ3v) is 4.29. The van der Waals surface area contributed by atoms with Crippen LogP contribution in [-0.2, 0) is 16.0 Å². The summed E-state index contributed by atoms with van der Waals surface area (Å²) in [5.74, 6) is -0.118. The SMILES string of the molecule is COC(=O)C(CNc1ncncc1Cl)Cc1ccc2ccccc2c1. The van der Waals surface area contributed by atoms with Crippen molar-refractivity contribution in [1.82, 2.24) is 9.97 Å². The van der Waals surface area contributed by atoms with Gasteiger partial charge in [0.05, 0.1) is 19.2 Å². The fraction of sp³-hybridized carbons (Fsp3) is 0.211. The van der Waals surface area contributed by atoms with Crippen molar-refractivity contribution in [1.29, 1.82) is 0 Å². The van der Waals surface area contributed by atoms with Gasteiger partial charge in [-0.2, -0.15) is 0 Å². The quantitative estimate of drug-likeness (QED) is 0.682. The number of methoxy groups -OCH3 is 1. The Morgan fingerprint density at radius 3 is 2.80 bits per heavy atom. The van der Waals surface area contributed by atoms with Crippen LogP contribution in [0.25, 0.3) is 10.8 Å². The first-order chi connectivity index (χ1) is 12.2. The first-order valence-electron chi connectivity index (χ1n) is 7.92. The summed E-state index contributed by atoms with van der Waals surface area (Å²) in [6.45, 7) is 0.371. The van der Waals surface area contributed by atoms with E-state index < -0.39 is 0 Å². The maximum atomic E-state index is 12.2. The minimum absolute atomic E-state index is 0.272. The maximum absolute atomic E-state index is 12.2. The molecule has 5 nitrogen and oxygen atoms in total. The molecule has 3 rings (SSSR count). The summed E-state index contributed by atoms with van der Waals surface area (Å²) in [5.41, 5.74) is 1.07. The van der Waals surface area contributed by atoms with Gasteiger partial charge in [-0.3, -0.25) is 4.79 Å². The molecular weight excluding hydrogens is 338 g/mol. The standard InChI is InChI=1S/C19H18ClN3O2/c1-25-19(24)16(10-22-18-17(20)11-21-12-23-18)9-13-6-7-14-4-2-3-5-15(14)8-13/h2-8,11-12,16H,9-10H2,1H3,(H,21,22,23). The summed E-state index contributed by atoms with van der Waals surface area (Å²) in [5, 5.41) is 5.84. The second-order valence-electron chi connectivity index (χ2n) is 5.71. The number of nitrogens with zero attached hydrogens (tertiary/aromatic N) is 2. The molecule has 0 fully saturated rings. The second-order valence-corrected chi connectivity index (χ2v) is 6.11. The number of ether oxygens (including phenoxy) is 1. The molecule has 0 aliphatic rings. The number of hydrogen-bond acceptors (Lipinski definition) is 5. The summed E-state index contributed by atoms with van der Waals surface area (Å²) in [6.07, 6.45) is 3.48. The lowest BCUT2D eigenvalue weighted by atomic mass is 9.97. The Kier molecular flexibility index (Phi) is 5.46. The fourth-order valence-corrected chi connectivity index (χ4v) is 2.89. The van der Waals surface area contributed by atoms with Crippen molar-refractivity contribution >= 4 is 34.2 Å². The van der Waals surface area contributed by atoms with E-state index >= 15 is 0 Å². The summed E-state index contributed by atoms with van der Waals surface area (Å²) in [6, 6.07) is 14.3. The van der Waals surface area contributed by atoms with E-state index in [1.54, 1.807) is 0 Å². The molecule has 0 saturated carbocycles. The fourth-order valence-electron chi connectivity index (χ4n) is 2.72. The molecule has 25 heavy (non-hydrogen) atoms. The summed E-state index contributed by atoms with van der Waals surface area (Å²) < 4.78 is 4.95. The first-order valence-corrected chi connectivity index (χ1v) is 8.30. The van der Waals surface area contributed by atoms with Crippen molar-refractivity contribution in [2.24, 2.45) is 5.92 Å². The van der Waals surface area contributed by atoms with Crippen LogP contribution in [0.4, 0.5) is 5.82 Å². The van der Waals surface area contributed by atoms with Crippen LogP contribution in [0.15, 0.2) is 55.0 Å². The minimum atomic E-state index is -0.350. The Balaban J connectivity index is 1.75. The number of nitrogens with one attached hydrogen (secondary N) is 1. The van der Waals surface area contributed by atoms with E-state index in [9.17, 15) is 4.79 Å². The van der Waals surface area contributed by atoms with E-state index in [0.29, 0.717) is 23.8 Å². The number of fused-ring (bicyclic) bond motifs is 1. The molecule has 0 saturated heterocycles. The Labute approximate surface area is 151 Å². The van der Waals surface area contributed by atoms with E-state index in [0.717, 1.165) is 10.9 Å². The maximum Gasteiger partial charge on any atom is 0.310 e. The van der Waals surface area contributed by atoms with Crippen LogP contribution < -0.4 is 5.32 Å². The number of hydrogen-bond donors (Lipinski definition) is 1. The van der Waals surface area contributed by atoms with E-state index in [-0.39, 0.29) is 11.9 Å². The molecule has 1 heterocycles. The molecule has 1 unspecified atom stereocenters. The average Bonchev–Trinajstić information content (AvgIpc) is 2.65. The van der Waals surface area contributed by atoms with Gasteiger partial charge in [-0.25, -0.2) is 9.97 Å². The van der Waals surface area contributed by atoms with Crippen molar-refractivity contribution in [3.63, 3.8) is 0 Å². The van der Waals surface area contributed by atoms with Gasteiger partial charge >= 0.3 is 5.97 Å². The lowest BCUT2D eigenvalue weighted by Gasteiger charge is -2.16. The highest BCUT2D eigenvalue weighted by atomic mass is 35.5. The molecular formula is C19H18ClN3O2. The van der Waals surface area contributed by atoms with Gasteiger partial charge in [-0.1, -0.05) is 54.1 Å². The predicted octanol–water partition coefficient (Wildman–Crippen LogP) is 3.73. The summed E-state index contributed by atoms with van der Waals surface area (Å²) >= 11 is 6.04. The Morgan fingerprint density at radius 2 is 2.04 bits per heavy atom. The topological polar surface area (TPSA) is 64.1 Å². The lowest BCUT2D eigenvalue weighted by molar-refractivity contribution is -0.144. The van der Waals surface area contributed by atoms with E-state index in [1.165, 1.54) is 25.0 Å². The number of anilines is 1. The molecule has 0 bridgehead atoms. The molecule has 0 aliphatic carbocycles. The highest BCUT2D eigenvalue weighted by molar-refractivity contribution is 6.32. The molecule has 2 aromatic carbocycles. The normalized spacial score (nSPS) is 11.9. The zero-order chi connectivity index (χ0) is 17.6. The number of halogens is 1. The monoisotopic (exact) mass is 355 g/mol. The highest BCUT2D eigenvalue weighted by Gasteiger charge is 2.20. The number of aromatic nitrogens is 2. The molecule has 128 valence electrons. The van der Waals surface area contributed by atoms with Gasteiger partial charge in [0.15, 0.2) is 0 Å². The van der Waals surface area contributed by atoms with Gasteiger partial charge in [0.1, 0.15) is 17.2 Å². The number of esters is 1. The van der Waals surface area contributed by atoms with Crippen LogP contribution in [0.5, 0.6) is 0 Å². The van der Waals surface area contributed by atoms with E-state index in [1.807, 2.05) is 18.2 Å². The van der Waals surface area contributed by atoms with Gasteiger partial charge in [-0.05, 0) is 22.8 Å². The predicted molar refractivity (Wildman–Crippen MR) is 98.7 cm³/mol. The molecule has 0 radical (unpaired) electrons. The van der Waals surface area contributed by atoms with Gasteiger partial charge in [0.25, 0.3) is 0 Å². The molecule has 0 spiro atoms. The number of benzene rings is 2. The third-order valence-electron chi connectivity index (χ3n) is 4.01. The minimum Gasteiger partial charge on any atom is -0.469 e. The molecule has 0 aliphatic heterocycles. The van der Waals surface area contributed by atoms with Crippen molar-refractivity contribution in [3.8, 4) is 0 Å². The van der Waals surface area contributed by atoms with Crippen LogP contribution >= 0.6 is 11.6 Å². The van der Waals surface area contributed by atoms with Crippen molar-refractivity contribution in [3.05, 3.63) is 65.6 Å². The smallest absolute Gasteiger partial charge is 0.310 e. The van der Waals surface area contributed by atoms with Crippen molar-refractivity contribution in [2.75, 3.05) is 19.0 Å². The van der Waals surface area contributed by atoms with E-state index in [2.05, 4.69) is 39.6 Å². The summed E-state index contributed by atoms with van der Waals surface area (Å²) in [4.78, 5) is 20.1. The second kappa shape index (κ2) is 7.94. The Bertz CT molecular complexity index is 885. The van der Waals surface area contributed by atoms with Gasteiger partial charge in [-0.15, -0.1) is 0 Å². The highest BCUT2D eigenvalue weighted by Crippen LogP contribution is 2.20. The molecule has 3 aromatic rings. The largest absolute Gasteiger partial charge is 0.469 e. The average molecular weight is 356 g/mol. The summed E-state index contributed by atoms with van der Waals surface area (Å²) in [7, 11) is 1.40. The van der Waals surface area contributed by atoms with Crippen LogP contribution in [0.3, 0.4) is 0 Å². The zero-order valence-corrected chi connectivity index (χ0v) is 14.5. The number of carbonyl (C=O) groups is 1.